The Balaban J connectivity index is 4.40. The Morgan fingerprint density at radius 3 is 0.868 bits per heavy atom. The number of carbonyl (C=O) groups is 3. The van der Waals surface area contributed by atoms with Crippen molar-refractivity contribution in [3.05, 3.63) is 85.1 Å². The molecule has 6 nitrogen and oxygen atoms in total. The molecule has 6 heteroatoms. The summed E-state index contributed by atoms with van der Waals surface area (Å²) in [6.45, 7) is 6.50. The molecule has 0 heterocycles. The fourth-order valence-corrected chi connectivity index (χ4v) is 9.28. The van der Waals surface area contributed by atoms with E-state index in [2.05, 4.69) is 106 Å². The predicted molar refractivity (Wildman–Crippen MR) is 330 cm³/mol. The Bertz CT molecular complexity index is 1450. The van der Waals surface area contributed by atoms with Crippen molar-refractivity contribution < 1.29 is 28.6 Å². The molecule has 0 amide bonds. The number of esters is 3. The third kappa shape index (κ3) is 61.4. The maximum atomic E-state index is 12.9. The van der Waals surface area contributed by atoms with E-state index in [1.54, 1.807) is 0 Å². The Morgan fingerprint density at radius 1 is 0.276 bits per heavy atom. The highest BCUT2D eigenvalue weighted by Crippen LogP contribution is 2.17. The first kappa shape index (κ1) is 72.6. The van der Waals surface area contributed by atoms with Gasteiger partial charge in [0.2, 0.25) is 0 Å². The van der Waals surface area contributed by atoms with Gasteiger partial charge in [0, 0.05) is 19.3 Å². The highest BCUT2D eigenvalue weighted by molar-refractivity contribution is 5.71. The fraction of sp³-hybridized carbons (Fsp3) is 0.757. The van der Waals surface area contributed by atoms with Gasteiger partial charge in [-0.25, -0.2) is 0 Å². The van der Waals surface area contributed by atoms with Crippen molar-refractivity contribution in [1.82, 2.24) is 0 Å². The molecule has 0 rings (SSSR count). The van der Waals surface area contributed by atoms with Crippen LogP contribution < -0.4 is 0 Å². The summed E-state index contributed by atoms with van der Waals surface area (Å²) in [7, 11) is 0. The van der Waals surface area contributed by atoms with Crippen LogP contribution in [0.4, 0.5) is 0 Å². The summed E-state index contributed by atoms with van der Waals surface area (Å²) >= 11 is 0. The second kappa shape index (κ2) is 64.1. The third-order valence-electron chi connectivity index (χ3n) is 14.1. The van der Waals surface area contributed by atoms with Crippen molar-refractivity contribution in [2.24, 2.45) is 0 Å². The number of allylic oxidation sites excluding steroid dienone is 14. The van der Waals surface area contributed by atoms with E-state index in [-0.39, 0.29) is 37.5 Å². The van der Waals surface area contributed by atoms with Crippen LogP contribution >= 0.6 is 0 Å². The van der Waals surface area contributed by atoms with E-state index in [9.17, 15) is 14.4 Å². The number of hydrogen-bond acceptors (Lipinski definition) is 6. The molecule has 0 aromatic rings. The van der Waals surface area contributed by atoms with Gasteiger partial charge in [-0.2, -0.15) is 0 Å². The van der Waals surface area contributed by atoms with Crippen LogP contribution in [0.2, 0.25) is 0 Å². The predicted octanol–water partition coefficient (Wildman–Crippen LogP) is 22.3. The summed E-state index contributed by atoms with van der Waals surface area (Å²) in [6.07, 6.45) is 84.6. The van der Waals surface area contributed by atoms with Gasteiger partial charge in [-0.1, -0.05) is 298 Å². The van der Waals surface area contributed by atoms with Crippen molar-refractivity contribution in [1.29, 1.82) is 0 Å². The molecule has 0 N–H and O–H groups in total. The lowest BCUT2D eigenvalue weighted by atomic mass is 10.0. The Labute approximate surface area is 471 Å². The molecule has 0 radical (unpaired) electrons. The molecule has 0 saturated carbocycles. The van der Waals surface area contributed by atoms with Crippen LogP contribution in [0.25, 0.3) is 0 Å². The molecule has 1 atom stereocenters. The molecule has 0 saturated heterocycles. The van der Waals surface area contributed by atoms with Crippen molar-refractivity contribution in [2.45, 2.75) is 329 Å². The van der Waals surface area contributed by atoms with E-state index in [0.717, 1.165) is 89.9 Å². The van der Waals surface area contributed by atoms with Crippen LogP contribution in [0.1, 0.15) is 323 Å². The van der Waals surface area contributed by atoms with Crippen LogP contribution in [0.5, 0.6) is 0 Å². The van der Waals surface area contributed by atoms with Gasteiger partial charge in [0.25, 0.3) is 0 Å². The monoisotopic (exact) mass is 1060 g/mol. The minimum absolute atomic E-state index is 0.0950. The molecular weight excluding hydrogens is 937 g/mol. The van der Waals surface area contributed by atoms with Gasteiger partial charge in [0.1, 0.15) is 13.2 Å². The van der Waals surface area contributed by atoms with Crippen molar-refractivity contribution >= 4 is 17.9 Å². The molecule has 0 spiro atoms. The van der Waals surface area contributed by atoms with E-state index >= 15 is 0 Å². The summed E-state index contributed by atoms with van der Waals surface area (Å²) < 4.78 is 16.9. The van der Waals surface area contributed by atoms with Crippen molar-refractivity contribution in [3.8, 4) is 0 Å². The number of carbonyl (C=O) groups excluding carboxylic acids is 3. The molecule has 0 aromatic heterocycles. The molecule has 438 valence electrons. The number of unbranched alkanes of at least 4 members (excludes halogenated alkanes) is 34. The summed E-state index contributed by atoms with van der Waals surface area (Å²) in [5, 5.41) is 0. The smallest absolute Gasteiger partial charge is 0.306 e. The van der Waals surface area contributed by atoms with Crippen molar-refractivity contribution in [3.63, 3.8) is 0 Å². The van der Waals surface area contributed by atoms with Crippen LogP contribution in [0.15, 0.2) is 85.1 Å². The molecule has 0 fully saturated rings. The largest absolute Gasteiger partial charge is 0.462 e. The van der Waals surface area contributed by atoms with E-state index in [4.69, 9.17) is 14.2 Å². The Morgan fingerprint density at radius 2 is 0.526 bits per heavy atom. The van der Waals surface area contributed by atoms with Crippen LogP contribution in [0.3, 0.4) is 0 Å². The molecule has 0 bridgehead atoms. The lowest BCUT2D eigenvalue weighted by Crippen LogP contribution is -2.30. The zero-order valence-corrected chi connectivity index (χ0v) is 50.3. The molecule has 0 aliphatic rings. The highest BCUT2D eigenvalue weighted by atomic mass is 16.6. The summed E-state index contributed by atoms with van der Waals surface area (Å²) in [4.78, 5) is 38.3. The molecule has 1 unspecified atom stereocenters. The fourth-order valence-electron chi connectivity index (χ4n) is 9.28. The zero-order valence-electron chi connectivity index (χ0n) is 50.3. The quantitative estimate of drug-likeness (QED) is 0.0261. The first-order valence-electron chi connectivity index (χ1n) is 32.6. The minimum Gasteiger partial charge on any atom is -0.462 e. The first-order valence-corrected chi connectivity index (χ1v) is 32.6. The maximum Gasteiger partial charge on any atom is 0.306 e. The van der Waals surface area contributed by atoms with Crippen molar-refractivity contribution in [2.75, 3.05) is 13.2 Å². The van der Waals surface area contributed by atoms with E-state index in [0.29, 0.717) is 19.3 Å². The van der Waals surface area contributed by atoms with Crippen LogP contribution in [-0.4, -0.2) is 37.2 Å². The van der Waals surface area contributed by atoms with E-state index < -0.39 is 6.10 Å². The van der Waals surface area contributed by atoms with E-state index in [1.165, 1.54) is 186 Å². The first-order chi connectivity index (χ1) is 37.5. The normalized spacial score (nSPS) is 12.6. The van der Waals surface area contributed by atoms with Crippen LogP contribution in [0, 0.1) is 0 Å². The molecular formula is C70H122O6. The second-order valence-electron chi connectivity index (χ2n) is 21.6. The molecule has 0 aromatic carbocycles. The summed E-state index contributed by atoms with van der Waals surface area (Å²) in [5.74, 6) is -0.950. The highest BCUT2D eigenvalue weighted by Gasteiger charge is 2.19. The summed E-state index contributed by atoms with van der Waals surface area (Å²) in [5.41, 5.74) is 0. The third-order valence-corrected chi connectivity index (χ3v) is 14.1. The van der Waals surface area contributed by atoms with E-state index in [1.807, 2.05) is 0 Å². The summed E-state index contributed by atoms with van der Waals surface area (Å²) in [6, 6.07) is 0. The molecule has 76 heavy (non-hydrogen) atoms. The van der Waals surface area contributed by atoms with Gasteiger partial charge in [-0.05, 0) is 89.9 Å². The molecule has 0 aliphatic heterocycles. The van der Waals surface area contributed by atoms with Gasteiger partial charge >= 0.3 is 17.9 Å². The maximum absolute atomic E-state index is 12.9. The van der Waals surface area contributed by atoms with Gasteiger partial charge in [-0.15, -0.1) is 0 Å². The van der Waals surface area contributed by atoms with Gasteiger partial charge < -0.3 is 14.2 Å². The number of ether oxygens (including phenoxy) is 3. The lowest BCUT2D eigenvalue weighted by Gasteiger charge is -2.18. The average Bonchev–Trinajstić information content (AvgIpc) is 3.42. The van der Waals surface area contributed by atoms with Crippen LogP contribution in [-0.2, 0) is 28.6 Å². The Kier molecular flexibility index (Phi) is 61.2. The topological polar surface area (TPSA) is 78.9 Å². The lowest BCUT2D eigenvalue weighted by molar-refractivity contribution is -0.167. The van der Waals surface area contributed by atoms with Gasteiger partial charge in [-0.3, -0.25) is 14.4 Å². The Hall–Kier alpha value is -3.41. The van der Waals surface area contributed by atoms with Gasteiger partial charge in [0.05, 0.1) is 0 Å². The second-order valence-corrected chi connectivity index (χ2v) is 21.6. The minimum atomic E-state index is -0.804. The SMILES string of the molecule is CC/C=C\C/C=C\C/C=C\C/C=C\C/C=C\CCCC(=O)OCC(COC(=O)CCCCCCCCCCCCCCCCCCCCCCCCC)OC(=O)CCCCCCCCC/C=C\C/C=C\CCCCCC. The average molecular weight is 1060 g/mol. The number of hydrogen-bond donors (Lipinski definition) is 0. The van der Waals surface area contributed by atoms with Gasteiger partial charge in [0.15, 0.2) is 6.10 Å². The molecule has 0 aliphatic carbocycles. The zero-order chi connectivity index (χ0) is 55.0. The standard InChI is InChI=1S/C70H122O6/c1-4-7-10-13-16-19-22-25-28-31-33-34-35-36-37-40-42-45-48-51-54-57-60-63-69(72)75-66-67(65-74-68(71)62-59-56-53-50-47-44-41-38-30-27-24-21-18-15-12-9-6-3)76-70(73)64-61-58-55-52-49-46-43-39-32-29-26-23-20-17-14-11-8-5-2/h9,12,18,20-21,23,27,29-30,32,41,44,50,53,67H,4-8,10-11,13-17,19,22,24-26,28,31,33-40,42-43,45-49,51-52,54-66H2,1-3H3/b12-9-,21-18-,23-20-,30-27-,32-29-,44-41-,53-50-. The number of rotatable bonds is 59.